The van der Waals surface area contributed by atoms with Crippen molar-refractivity contribution in [2.45, 2.75) is 19.4 Å². The lowest BCUT2D eigenvalue weighted by Crippen LogP contribution is -2.36. The average molecular weight is 378 g/mol. The number of carbonyl (C=O) groups excluding carboxylic acids is 1. The van der Waals surface area contributed by atoms with Crippen LogP contribution in [0.1, 0.15) is 23.7 Å². The summed E-state index contributed by atoms with van der Waals surface area (Å²) in [4.78, 5) is 14.0. The van der Waals surface area contributed by atoms with E-state index in [9.17, 15) is 17.6 Å². The van der Waals surface area contributed by atoms with Crippen molar-refractivity contribution in [1.29, 1.82) is 0 Å². The first-order valence-electron chi connectivity index (χ1n) is 8.25. The molecule has 1 aromatic heterocycles. The fourth-order valence-corrected chi connectivity index (χ4v) is 4.69. The number of amides is 1. The van der Waals surface area contributed by atoms with Crippen molar-refractivity contribution in [2.75, 3.05) is 28.3 Å². The van der Waals surface area contributed by atoms with Gasteiger partial charge < -0.3 is 10.2 Å². The van der Waals surface area contributed by atoms with Crippen LogP contribution in [0.2, 0.25) is 0 Å². The molecule has 0 bridgehead atoms. The van der Waals surface area contributed by atoms with Crippen LogP contribution >= 0.6 is 0 Å². The van der Waals surface area contributed by atoms with Gasteiger partial charge in [-0.05, 0) is 49.7 Å². The summed E-state index contributed by atoms with van der Waals surface area (Å²) >= 11 is 0. The second kappa shape index (κ2) is 7.36. The highest BCUT2D eigenvalue weighted by Gasteiger charge is 2.32. The molecule has 26 heavy (non-hydrogen) atoms. The van der Waals surface area contributed by atoms with Gasteiger partial charge in [0.05, 0.1) is 11.5 Å². The summed E-state index contributed by atoms with van der Waals surface area (Å²) in [6.45, 7) is 2.53. The Morgan fingerprint density at radius 2 is 1.96 bits per heavy atom. The van der Waals surface area contributed by atoms with Crippen LogP contribution in [-0.4, -0.2) is 48.6 Å². The number of hydrogen-bond donors (Lipinski definition) is 1. The zero-order valence-electron chi connectivity index (χ0n) is 14.2. The SMILES string of the molecule is CCN(c1ccc(NC(=O)c2ccc(F)cc2)nn1)C1CCS(=O)(=O)C1. The van der Waals surface area contributed by atoms with E-state index in [1.807, 2.05) is 11.8 Å². The van der Waals surface area contributed by atoms with Crippen LogP contribution in [0.15, 0.2) is 36.4 Å². The largest absolute Gasteiger partial charge is 0.351 e. The van der Waals surface area contributed by atoms with Gasteiger partial charge in [-0.25, -0.2) is 12.8 Å². The number of carbonyl (C=O) groups is 1. The Balaban J connectivity index is 1.69. The van der Waals surface area contributed by atoms with E-state index in [0.717, 1.165) is 0 Å². The van der Waals surface area contributed by atoms with Crippen LogP contribution in [0.4, 0.5) is 16.0 Å². The van der Waals surface area contributed by atoms with E-state index in [1.54, 1.807) is 12.1 Å². The van der Waals surface area contributed by atoms with E-state index in [0.29, 0.717) is 24.3 Å². The topological polar surface area (TPSA) is 92.3 Å². The van der Waals surface area contributed by atoms with Crippen molar-refractivity contribution >= 4 is 27.4 Å². The molecule has 9 heteroatoms. The van der Waals surface area contributed by atoms with Gasteiger partial charge in [0.1, 0.15) is 5.82 Å². The molecular formula is C17H19FN4O3S. The number of nitrogens with zero attached hydrogens (tertiary/aromatic N) is 3. The maximum atomic E-state index is 12.9. The van der Waals surface area contributed by atoms with Crippen LogP contribution in [0.5, 0.6) is 0 Å². The molecule has 1 amide bonds. The van der Waals surface area contributed by atoms with Crippen LogP contribution < -0.4 is 10.2 Å². The average Bonchev–Trinajstić information content (AvgIpc) is 2.97. The normalized spacial score (nSPS) is 18.5. The van der Waals surface area contributed by atoms with Crippen LogP contribution in [0.3, 0.4) is 0 Å². The molecule has 0 aliphatic carbocycles. The number of halogens is 1. The fourth-order valence-electron chi connectivity index (χ4n) is 2.96. The van der Waals surface area contributed by atoms with Crippen molar-refractivity contribution in [3.05, 3.63) is 47.8 Å². The summed E-state index contributed by atoms with van der Waals surface area (Å²) in [5, 5.41) is 10.7. The first-order chi connectivity index (χ1) is 12.4. The highest BCUT2D eigenvalue weighted by Crippen LogP contribution is 2.22. The smallest absolute Gasteiger partial charge is 0.256 e. The number of hydrogen-bond acceptors (Lipinski definition) is 6. The van der Waals surface area contributed by atoms with Gasteiger partial charge in [0.2, 0.25) is 0 Å². The molecule has 1 aliphatic rings. The Morgan fingerprint density at radius 3 is 2.50 bits per heavy atom. The van der Waals surface area contributed by atoms with E-state index < -0.39 is 21.6 Å². The van der Waals surface area contributed by atoms with Gasteiger partial charge in [-0.2, -0.15) is 0 Å². The predicted octanol–water partition coefficient (Wildman–Crippen LogP) is 1.88. The molecule has 1 fully saturated rings. The van der Waals surface area contributed by atoms with Crippen molar-refractivity contribution in [2.24, 2.45) is 0 Å². The van der Waals surface area contributed by atoms with Gasteiger partial charge in [0, 0.05) is 18.2 Å². The summed E-state index contributed by atoms with van der Waals surface area (Å²) in [6, 6.07) is 8.37. The van der Waals surface area contributed by atoms with Crippen LogP contribution in [-0.2, 0) is 9.84 Å². The minimum absolute atomic E-state index is 0.112. The van der Waals surface area contributed by atoms with E-state index >= 15 is 0 Å². The van der Waals surface area contributed by atoms with Crippen molar-refractivity contribution < 1.29 is 17.6 Å². The quantitative estimate of drug-likeness (QED) is 0.854. The zero-order chi connectivity index (χ0) is 18.7. The summed E-state index contributed by atoms with van der Waals surface area (Å²) in [6.07, 6.45) is 0.570. The number of anilines is 2. The summed E-state index contributed by atoms with van der Waals surface area (Å²) in [7, 11) is -2.99. The maximum Gasteiger partial charge on any atom is 0.256 e. The lowest BCUT2D eigenvalue weighted by Gasteiger charge is -2.27. The van der Waals surface area contributed by atoms with Gasteiger partial charge in [-0.15, -0.1) is 10.2 Å². The third-order valence-electron chi connectivity index (χ3n) is 4.28. The van der Waals surface area contributed by atoms with Crippen LogP contribution in [0, 0.1) is 5.82 Å². The first-order valence-corrected chi connectivity index (χ1v) is 10.1. The summed E-state index contributed by atoms with van der Waals surface area (Å²) < 4.78 is 36.3. The van der Waals surface area contributed by atoms with Gasteiger partial charge >= 0.3 is 0 Å². The lowest BCUT2D eigenvalue weighted by molar-refractivity contribution is 0.102. The number of benzene rings is 1. The summed E-state index contributed by atoms with van der Waals surface area (Å²) in [5.74, 6) is 0.298. The molecule has 1 aliphatic heterocycles. The molecule has 0 radical (unpaired) electrons. The molecule has 2 aromatic rings. The van der Waals surface area contributed by atoms with E-state index in [-0.39, 0.29) is 23.4 Å². The molecule has 0 spiro atoms. The monoisotopic (exact) mass is 378 g/mol. The Labute approximate surface area is 151 Å². The summed E-state index contributed by atoms with van der Waals surface area (Å²) in [5.41, 5.74) is 0.309. The molecule has 1 N–H and O–H groups in total. The first kappa shape index (κ1) is 18.2. The van der Waals surface area contributed by atoms with Gasteiger partial charge in [0.15, 0.2) is 21.5 Å². The molecule has 1 saturated heterocycles. The third kappa shape index (κ3) is 4.16. The molecule has 7 nitrogen and oxygen atoms in total. The maximum absolute atomic E-state index is 12.9. The molecule has 1 atom stereocenters. The van der Waals surface area contributed by atoms with E-state index in [1.165, 1.54) is 24.3 Å². The Bertz CT molecular complexity index is 885. The molecule has 1 aromatic carbocycles. The Hall–Kier alpha value is -2.55. The lowest BCUT2D eigenvalue weighted by atomic mass is 10.2. The van der Waals surface area contributed by atoms with E-state index in [2.05, 4.69) is 15.5 Å². The zero-order valence-corrected chi connectivity index (χ0v) is 15.0. The van der Waals surface area contributed by atoms with Gasteiger partial charge in [0.25, 0.3) is 5.91 Å². The van der Waals surface area contributed by atoms with Crippen LogP contribution in [0.25, 0.3) is 0 Å². The van der Waals surface area contributed by atoms with Gasteiger partial charge in [-0.1, -0.05) is 0 Å². The molecule has 2 heterocycles. The second-order valence-electron chi connectivity index (χ2n) is 6.08. The standard InChI is InChI=1S/C17H19FN4O3S/c1-2-22(14-9-10-26(24,25)11-14)16-8-7-15(20-21-16)19-17(23)12-3-5-13(18)6-4-12/h3-8,14H,2,9-11H2,1H3,(H,19,20,23). The number of rotatable bonds is 5. The van der Waals surface area contributed by atoms with Crippen molar-refractivity contribution in [3.63, 3.8) is 0 Å². The van der Waals surface area contributed by atoms with E-state index in [4.69, 9.17) is 0 Å². The van der Waals surface area contributed by atoms with Gasteiger partial charge in [-0.3, -0.25) is 4.79 Å². The number of aromatic nitrogens is 2. The molecule has 0 saturated carbocycles. The van der Waals surface area contributed by atoms with Crippen molar-refractivity contribution in [3.8, 4) is 0 Å². The number of nitrogens with one attached hydrogen (secondary N) is 1. The molecule has 3 rings (SSSR count). The molecular weight excluding hydrogens is 359 g/mol. The number of sulfone groups is 1. The second-order valence-corrected chi connectivity index (χ2v) is 8.31. The predicted molar refractivity (Wildman–Crippen MR) is 96.5 cm³/mol. The fraction of sp³-hybridized carbons (Fsp3) is 0.353. The Kier molecular flexibility index (Phi) is 5.17. The highest BCUT2D eigenvalue weighted by atomic mass is 32.2. The molecule has 1 unspecified atom stereocenters. The third-order valence-corrected chi connectivity index (χ3v) is 6.03. The van der Waals surface area contributed by atoms with Crippen molar-refractivity contribution in [1.82, 2.24) is 10.2 Å². The molecule has 138 valence electrons. The minimum atomic E-state index is -2.99. The highest BCUT2D eigenvalue weighted by molar-refractivity contribution is 7.91. The minimum Gasteiger partial charge on any atom is -0.351 e. The Morgan fingerprint density at radius 1 is 1.23 bits per heavy atom.